The maximum atomic E-state index is 9.53. The molecule has 0 aliphatic carbocycles. The zero-order chi connectivity index (χ0) is 9.30. The quantitative estimate of drug-likeness (QED) is 0.680. The minimum atomic E-state index is -0.0974. The van der Waals surface area contributed by atoms with Crippen LogP contribution in [0.15, 0.2) is 0 Å². The molecule has 2 nitrogen and oxygen atoms in total. The van der Waals surface area contributed by atoms with Crippen LogP contribution in [-0.2, 0) is 0 Å². The highest BCUT2D eigenvalue weighted by Crippen LogP contribution is 2.25. The van der Waals surface area contributed by atoms with Gasteiger partial charge in [-0.2, -0.15) is 0 Å². The highest BCUT2D eigenvalue weighted by atomic mass is 16.3. The van der Waals surface area contributed by atoms with Gasteiger partial charge in [0.2, 0.25) is 0 Å². The van der Waals surface area contributed by atoms with Crippen LogP contribution in [0.5, 0.6) is 0 Å². The molecule has 0 radical (unpaired) electrons. The van der Waals surface area contributed by atoms with Crippen molar-refractivity contribution in [2.45, 2.75) is 52.3 Å². The second-order valence-electron chi connectivity index (χ2n) is 4.49. The third-order valence-corrected chi connectivity index (χ3v) is 2.79. The monoisotopic (exact) mass is 171 g/mol. The minimum Gasteiger partial charge on any atom is -0.392 e. The standard InChI is InChI=1S/C10H21NO/c1-7(2)10-5-9(12)6-11(10)8(3)4/h7-10,12H,5-6H2,1-4H3/t9-,10?/m1/s1. The topological polar surface area (TPSA) is 23.5 Å². The molecule has 2 atom stereocenters. The van der Waals surface area contributed by atoms with E-state index in [0.29, 0.717) is 18.0 Å². The van der Waals surface area contributed by atoms with Gasteiger partial charge in [0.1, 0.15) is 0 Å². The van der Waals surface area contributed by atoms with Gasteiger partial charge < -0.3 is 5.11 Å². The van der Waals surface area contributed by atoms with Crippen LogP contribution in [0.25, 0.3) is 0 Å². The Balaban J connectivity index is 2.59. The summed E-state index contributed by atoms with van der Waals surface area (Å²) < 4.78 is 0. The van der Waals surface area contributed by atoms with E-state index in [4.69, 9.17) is 0 Å². The minimum absolute atomic E-state index is 0.0974. The van der Waals surface area contributed by atoms with E-state index in [9.17, 15) is 5.11 Å². The Hall–Kier alpha value is -0.0800. The molecular weight excluding hydrogens is 150 g/mol. The number of nitrogens with zero attached hydrogens (tertiary/aromatic N) is 1. The van der Waals surface area contributed by atoms with Crippen LogP contribution in [0, 0.1) is 5.92 Å². The van der Waals surface area contributed by atoms with E-state index in [1.54, 1.807) is 0 Å². The van der Waals surface area contributed by atoms with Crippen LogP contribution in [0.1, 0.15) is 34.1 Å². The zero-order valence-corrected chi connectivity index (χ0v) is 8.62. The Bertz CT molecular complexity index is 129. The maximum absolute atomic E-state index is 9.53. The van der Waals surface area contributed by atoms with Crippen LogP contribution in [0.3, 0.4) is 0 Å². The van der Waals surface area contributed by atoms with E-state index in [-0.39, 0.29) is 6.10 Å². The summed E-state index contributed by atoms with van der Waals surface area (Å²) in [6.45, 7) is 9.73. The molecule has 0 amide bonds. The van der Waals surface area contributed by atoms with Gasteiger partial charge in [-0.1, -0.05) is 13.8 Å². The smallest absolute Gasteiger partial charge is 0.0682 e. The van der Waals surface area contributed by atoms with Gasteiger partial charge in [-0.05, 0) is 26.2 Å². The van der Waals surface area contributed by atoms with Gasteiger partial charge in [-0.25, -0.2) is 0 Å². The summed E-state index contributed by atoms with van der Waals surface area (Å²) in [5, 5.41) is 9.53. The molecule has 1 N–H and O–H groups in total. The number of likely N-dealkylation sites (tertiary alicyclic amines) is 1. The maximum Gasteiger partial charge on any atom is 0.0682 e. The van der Waals surface area contributed by atoms with Crippen molar-refractivity contribution >= 4 is 0 Å². The summed E-state index contributed by atoms with van der Waals surface area (Å²) in [5.74, 6) is 0.657. The Labute approximate surface area is 75.6 Å². The number of rotatable bonds is 2. The van der Waals surface area contributed by atoms with Crippen molar-refractivity contribution in [2.24, 2.45) is 5.92 Å². The normalized spacial score (nSPS) is 32.2. The average Bonchev–Trinajstić information content (AvgIpc) is 2.31. The molecular formula is C10H21NO. The van der Waals surface area contributed by atoms with Gasteiger partial charge in [0, 0.05) is 18.6 Å². The molecule has 1 fully saturated rings. The Morgan fingerprint density at radius 1 is 1.25 bits per heavy atom. The van der Waals surface area contributed by atoms with E-state index in [2.05, 4.69) is 32.6 Å². The number of hydrogen-bond donors (Lipinski definition) is 1. The van der Waals surface area contributed by atoms with E-state index in [1.807, 2.05) is 0 Å². The van der Waals surface area contributed by atoms with Gasteiger partial charge >= 0.3 is 0 Å². The molecule has 0 aromatic heterocycles. The summed E-state index contributed by atoms with van der Waals surface area (Å²) in [5.41, 5.74) is 0. The highest BCUT2D eigenvalue weighted by Gasteiger charge is 2.33. The second kappa shape index (κ2) is 3.75. The summed E-state index contributed by atoms with van der Waals surface area (Å²) in [7, 11) is 0. The molecule has 1 unspecified atom stereocenters. The molecule has 1 aliphatic heterocycles. The number of aliphatic hydroxyl groups is 1. The third kappa shape index (κ3) is 1.99. The van der Waals surface area contributed by atoms with E-state index < -0.39 is 0 Å². The van der Waals surface area contributed by atoms with Crippen LogP contribution >= 0.6 is 0 Å². The van der Waals surface area contributed by atoms with Crippen molar-refractivity contribution in [3.05, 3.63) is 0 Å². The molecule has 1 aliphatic rings. The molecule has 1 heterocycles. The first-order chi connectivity index (χ1) is 5.52. The first kappa shape index (κ1) is 10.0. The predicted molar refractivity (Wildman–Crippen MR) is 51.1 cm³/mol. The van der Waals surface area contributed by atoms with Gasteiger partial charge in [0.15, 0.2) is 0 Å². The second-order valence-corrected chi connectivity index (χ2v) is 4.49. The Kier molecular flexibility index (Phi) is 3.13. The first-order valence-corrected chi connectivity index (χ1v) is 4.96. The third-order valence-electron chi connectivity index (χ3n) is 2.79. The fourth-order valence-corrected chi connectivity index (χ4v) is 2.12. The van der Waals surface area contributed by atoms with Crippen molar-refractivity contribution in [3.63, 3.8) is 0 Å². The molecule has 0 bridgehead atoms. The summed E-state index contributed by atoms with van der Waals surface area (Å²) in [4.78, 5) is 2.41. The Morgan fingerprint density at radius 2 is 1.83 bits per heavy atom. The number of β-amino-alcohol motifs (C(OH)–C–C–N with tert-alkyl or cyclic N) is 1. The van der Waals surface area contributed by atoms with E-state index >= 15 is 0 Å². The van der Waals surface area contributed by atoms with Crippen LogP contribution in [0.2, 0.25) is 0 Å². The van der Waals surface area contributed by atoms with Crippen LogP contribution in [0.4, 0.5) is 0 Å². The first-order valence-electron chi connectivity index (χ1n) is 4.96. The van der Waals surface area contributed by atoms with Gasteiger partial charge in [-0.15, -0.1) is 0 Å². The van der Waals surface area contributed by atoms with E-state index in [0.717, 1.165) is 13.0 Å². The zero-order valence-electron chi connectivity index (χ0n) is 8.62. The summed E-state index contributed by atoms with van der Waals surface area (Å²) in [6, 6.07) is 1.15. The lowest BCUT2D eigenvalue weighted by molar-refractivity contribution is 0.148. The molecule has 0 aromatic carbocycles. The fourth-order valence-electron chi connectivity index (χ4n) is 2.12. The van der Waals surface area contributed by atoms with Crippen molar-refractivity contribution in [1.82, 2.24) is 4.90 Å². The van der Waals surface area contributed by atoms with Crippen LogP contribution < -0.4 is 0 Å². The lowest BCUT2D eigenvalue weighted by Gasteiger charge is -2.30. The largest absolute Gasteiger partial charge is 0.392 e. The Morgan fingerprint density at radius 3 is 2.17 bits per heavy atom. The van der Waals surface area contributed by atoms with E-state index in [1.165, 1.54) is 0 Å². The summed E-state index contributed by atoms with van der Waals surface area (Å²) in [6.07, 6.45) is 0.857. The van der Waals surface area contributed by atoms with Crippen molar-refractivity contribution < 1.29 is 5.11 Å². The molecule has 2 heteroatoms. The predicted octanol–water partition coefficient (Wildman–Crippen LogP) is 1.49. The average molecular weight is 171 g/mol. The van der Waals surface area contributed by atoms with Crippen molar-refractivity contribution in [3.8, 4) is 0 Å². The molecule has 12 heavy (non-hydrogen) atoms. The summed E-state index contributed by atoms with van der Waals surface area (Å²) >= 11 is 0. The van der Waals surface area contributed by atoms with Crippen molar-refractivity contribution in [2.75, 3.05) is 6.54 Å². The molecule has 0 aromatic rings. The number of aliphatic hydroxyl groups excluding tert-OH is 1. The van der Waals surface area contributed by atoms with Crippen LogP contribution in [-0.4, -0.2) is 34.7 Å². The van der Waals surface area contributed by atoms with Gasteiger partial charge in [-0.3, -0.25) is 4.90 Å². The SMILES string of the molecule is CC(C)C1C[C@@H](O)CN1C(C)C. The number of hydrogen-bond acceptors (Lipinski definition) is 2. The highest BCUT2D eigenvalue weighted by molar-refractivity contribution is 4.88. The molecule has 1 saturated heterocycles. The lowest BCUT2D eigenvalue weighted by Crippen LogP contribution is -2.38. The molecule has 1 rings (SSSR count). The molecule has 0 spiro atoms. The lowest BCUT2D eigenvalue weighted by atomic mass is 10.0. The van der Waals surface area contributed by atoms with Gasteiger partial charge in [0.25, 0.3) is 0 Å². The fraction of sp³-hybridized carbons (Fsp3) is 1.00. The van der Waals surface area contributed by atoms with Crippen molar-refractivity contribution in [1.29, 1.82) is 0 Å². The van der Waals surface area contributed by atoms with Gasteiger partial charge in [0.05, 0.1) is 6.10 Å². The molecule has 72 valence electrons. The molecule has 0 saturated carbocycles.